The minimum atomic E-state index is -1.04. The molecular weight excluding hydrogens is 253 g/mol. The van der Waals surface area contributed by atoms with Crippen LogP contribution in [-0.4, -0.2) is 31.1 Å². The SMILES string of the molecule is CCC[C@H](c1c(F)ccc(F)c1F)N1CCNCC1. The minimum Gasteiger partial charge on any atom is -0.314 e. The molecule has 1 aromatic rings. The number of hydrogen-bond donors (Lipinski definition) is 1. The van der Waals surface area contributed by atoms with Gasteiger partial charge >= 0.3 is 0 Å². The molecule has 0 aliphatic carbocycles. The van der Waals surface area contributed by atoms with Crippen molar-refractivity contribution in [1.82, 2.24) is 10.2 Å². The zero-order valence-electron chi connectivity index (χ0n) is 11.1. The summed E-state index contributed by atoms with van der Waals surface area (Å²) in [5, 5.41) is 3.20. The molecule has 1 heterocycles. The zero-order chi connectivity index (χ0) is 13.8. The first kappa shape index (κ1) is 14.3. The topological polar surface area (TPSA) is 15.3 Å². The number of benzene rings is 1. The molecule has 0 saturated carbocycles. The summed E-state index contributed by atoms with van der Waals surface area (Å²) in [5.41, 5.74) is -0.122. The molecule has 1 atom stereocenters. The van der Waals surface area contributed by atoms with Crippen molar-refractivity contribution in [3.05, 3.63) is 35.1 Å². The van der Waals surface area contributed by atoms with Crippen LogP contribution in [0.15, 0.2) is 12.1 Å². The molecule has 0 spiro atoms. The molecule has 0 aromatic heterocycles. The Labute approximate surface area is 111 Å². The van der Waals surface area contributed by atoms with Crippen molar-refractivity contribution in [2.75, 3.05) is 26.2 Å². The van der Waals surface area contributed by atoms with Crippen molar-refractivity contribution < 1.29 is 13.2 Å². The van der Waals surface area contributed by atoms with E-state index in [9.17, 15) is 13.2 Å². The molecule has 1 fully saturated rings. The third kappa shape index (κ3) is 3.09. The molecule has 5 heteroatoms. The van der Waals surface area contributed by atoms with Gasteiger partial charge in [-0.25, -0.2) is 13.2 Å². The summed E-state index contributed by atoms with van der Waals surface area (Å²) in [6.45, 7) is 4.99. The van der Waals surface area contributed by atoms with Gasteiger partial charge in [-0.2, -0.15) is 0 Å². The van der Waals surface area contributed by atoms with Crippen LogP contribution in [0, 0.1) is 17.5 Å². The number of piperazine rings is 1. The lowest BCUT2D eigenvalue weighted by atomic mass is 9.98. The zero-order valence-corrected chi connectivity index (χ0v) is 11.1. The maximum atomic E-state index is 13.9. The maximum absolute atomic E-state index is 13.9. The Morgan fingerprint density at radius 3 is 2.42 bits per heavy atom. The number of nitrogens with one attached hydrogen (secondary N) is 1. The van der Waals surface area contributed by atoms with E-state index in [0.29, 0.717) is 6.42 Å². The summed E-state index contributed by atoms with van der Waals surface area (Å²) < 4.78 is 41.2. The molecule has 1 aliphatic heterocycles. The van der Waals surface area contributed by atoms with E-state index < -0.39 is 17.5 Å². The molecule has 2 rings (SSSR count). The molecule has 0 radical (unpaired) electrons. The Hall–Kier alpha value is -1.07. The van der Waals surface area contributed by atoms with Crippen LogP contribution in [0.25, 0.3) is 0 Å². The molecule has 19 heavy (non-hydrogen) atoms. The van der Waals surface area contributed by atoms with Gasteiger partial charge in [-0.15, -0.1) is 0 Å². The van der Waals surface area contributed by atoms with Crippen LogP contribution in [0.4, 0.5) is 13.2 Å². The lowest BCUT2D eigenvalue weighted by Crippen LogP contribution is -2.45. The highest BCUT2D eigenvalue weighted by Gasteiger charge is 2.28. The van der Waals surface area contributed by atoms with Crippen molar-refractivity contribution in [1.29, 1.82) is 0 Å². The van der Waals surface area contributed by atoms with Gasteiger partial charge in [0.05, 0.1) is 0 Å². The predicted molar refractivity (Wildman–Crippen MR) is 68.4 cm³/mol. The first-order valence-electron chi connectivity index (χ1n) is 6.73. The predicted octanol–water partition coefficient (Wildman–Crippen LogP) is 2.85. The van der Waals surface area contributed by atoms with E-state index in [0.717, 1.165) is 44.7 Å². The highest BCUT2D eigenvalue weighted by atomic mass is 19.2. The first-order chi connectivity index (χ1) is 9.15. The van der Waals surface area contributed by atoms with Crippen LogP contribution < -0.4 is 5.32 Å². The molecule has 0 unspecified atom stereocenters. The average molecular weight is 272 g/mol. The minimum absolute atomic E-state index is 0.122. The molecule has 2 nitrogen and oxygen atoms in total. The first-order valence-corrected chi connectivity index (χ1v) is 6.73. The fourth-order valence-electron chi connectivity index (χ4n) is 2.62. The smallest absolute Gasteiger partial charge is 0.166 e. The van der Waals surface area contributed by atoms with Gasteiger partial charge in [0.1, 0.15) is 5.82 Å². The van der Waals surface area contributed by atoms with E-state index in [4.69, 9.17) is 0 Å². The summed E-state index contributed by atoms with van der Waals surface area (Å²) in [5.74, 6) is -2.68. The van der Waals surface area contributed by atoms with E-state index in [1.807, 2.05) is 11.8 Å². The highest BCUT2D eigenvalue weighted by Crippen LogP contribution is 2.31. The lowest BCUT2D eigenvalue weighted by molar-refractivity contribution is 0.157. The summed E-state index contributed by atoms with van der Waals surface area (Å²) in [6.07, 6.45) is 1.42. The van der Waals surface area contributed by atoms with Crippen molar-refractivity contribution >= 4 is 0 Å². The van der Waals surface area contributed by atoms with Gasteiger partial charge in [0.2, 0.25) is 0 Å². The van der Waals surface area contributed by atoms with Gasteiger partial charge in [-0.1, -0.05) is 13.3 Å². The number of hydrogen-bond acceptors (Lipinski definition) is 2. The quantitative estimate of drug-likeness (QED) is 0.848. The number of nitrogens with zero attached hydrogens (tertiary/aromatic N) is 1. The van der Waals surface area contributed by atoms with Gasteiger partial charge in [0.15, 0.2) is 11.6 Å². The lowest BCUT2D eigenvalue weighted by Gasteiger charge is -2.35. The Morgan fingerprint density at radius 2 is 1.79 bits per heavy atom. The molecule has 106 valence electrons. The third-order valence-electron chi connectivity index (χ3n) is 3.57. The second-order valence-electron chi connectivity index (χ2n) is 4.85. The van der Waals surface area contributed by atoms with Gasteiger partial charge in [0.25, 0.3) is 0 Å². The van der Waals surface area contributed by atoms with Gasteiger partial charge in [-0.3, -0.25) is 4.90 Å². The van der Waals surface area contributed by atoms with Gasteiger partial charge in [-0.05, 0) is 18.6 Å². The molecule has 1 N–H and O–H groups in total. The van der Waals surface area contributed by atoms with Crippen LogP contribution in [0.3, 0.4) is 0 Å². The largest absolute Gasteiger partial charge is 0.314 e. The molecule has 0 amide bonds. The van der Waals surface area contributed by atoms with Gasteiger partial charge in [0, 0.05) is 37.8 Å². The Morgan fingerprint density at radius 1 is 1.16 bits per heavy atom. The maximum Gasteiger partial charge on any atom is 0.166 e. The van der Waals surface area contributed by atoms with E-state index in [-0.39, 0.29) is 11.6 Å². The van der Waals surface area contributed by atoms with Crippen molar-refractivity contribution in [3.63, 3.8) is 0 Å². The summed E-state index contributed by atoms with van der Waals surface area (Å²) in [6, 6.07) is 1.47. The molecule has 1 aromatic carbocycles. The Balaban J connectivity index is 2.35. The van der Waals surface area contributed by atoms with Crippen LogP contribution in [-0.2, 0) is 0 Å². The van der Waals surface area contributed by atoms with Gasteiger partial charge < -0.3 is 5.32 Å². The second kappa shape index (κ2) is 6.39. The van der Waals surface area contributed by atoms with E-state index in [1.54, 1.807) is 0 Å². The summed E-state index contributed by atoms with van der Waals surface area (Å²) in [7, 11) is 0. The Bertz CT molecular complexity index is 431. The normalized spacial score (nSPS) is 18.5. The van der Waals surface area contributed by atoms with Crippen LogP contribution in [0.5, 0.6) is 0 Å². The van der Waals surface area contributed by atoms with Crippen molar-refractivity contribution in [3.8, 4) is 0 Å². The van der Waals surface area contributed by atoms with Crippen molar-refractivity contribution in [2.24, 2.45) is 0 Å². The standard InChI is InChI=1S/C14H19F3N2/c1-2-3-12(19-8-6-18-7-9-19)13-10(15)4-5-11(16)14(13)17/h4-5,12,18H,2-3,6-9H2,1H3/t12-/m1/s1. The molecule has 0 bridgehead atoms. The highest BCUT2D eigenvalue weighted by molar-refractivity contribution is 5.25. The Kier molecular flexibility index (Phi) is 4.82. The molecular formula is C14H19F3N2. The molecule has 1 saturated heterocycles. The van der Waals surface area contributed by atoms with E-state index in [2.05, 4.69) is 5.32 Å². The fourth-order valence-corrected chi connectivity index (χ4v) is 2.62. The van der Waals surface area contributed by atoms with E-state index in [1.165, 1.54) is 0 Å². The number of rotatable bonds is 4. The van der Waals surface area contributed by atoms with Crippen LogP contribution in [0.1, 0.15) is 31.4 Å². The second-order valence-corrected chi connectivity index (χ2v) is 4.85. The third-order valence-corrected chi connectivity index (χ3v) is 3.57. The number of halogens is 3. The average Bonchev–Trinajstić information content (AvgIpc) is 2.43. The van der Waals surface area contributed by atoms with Crippen molar-refractivity contribution in [2.45, 2.75) is 25.8 Å². The molecule has 1 aliphatic rings. The monoisotopic (exact) mass is 272 g/mol. The summed E-state index contributed by atoms with van der Waals surface area (Å²) in [4.78, 5) is 2.03. The van der Waals surface area contributed by atoms with Crippen LogP contribution in [0.2, 0.25) is 0 Å². The van der Waals surface area contributed by atoms with Crippen LogP contribution >= 0.6 is 0 Å². The summed E-state index contributed by atoms with van der Waals surface area (Å²) >= 11 is 0. The fraction of sp³-hybridized carbons (Fsp3) is 0.571. The van der Waals surface area contributed by atoms with E-state index >= 15 is 0 Å².